The molecule has 0 spiro atoms. The molecule has 0 amide bonds. The summed E-state index contributed by atoms with van der Waals surface area (Å²) in [5, 5.41) is 3.38. The van der Waals surface area contributed by atoms with Crippen molar-refractivity contribution >= 4 is 11.7 Å². The highest BCUT2D eigenvalue weighted by molar-refractivity contribution is 5.69. The fourth-order valence-electron chi connectivity index (χ4n) is 2.07. The van der Waals surface area contributed by atoms with Crippen molar-refractivity contribution in [1.29, 1.82) is 0 Å². The molecule has 0 unspecified atom stereocenters. The molecule has 0 aromatic heterocycles. The van der Waals surface area contributed by atoms with Crippen LogP contribution in [0.3, 0.4) is 0 Å². The van der Waals surface area contributed by atoms with E-state index in [2.05, 4.69) is 17.4 Å². The van der Waals surface area contributed by atoms with Crippen LogP contribution in [-0.4, -0.2) is 12.6 Å². The Morgan fingerprint density at radius 2 is 1.71 bits per heavy atom. The number of esters is 1. The van der Waals surface area contributed by atoms with E-state index in [1.165, 1.54) is 5.56 Å². The zero-order valence-corrected chi connectivity index (χ0v) is 12.3. The van der Waals surface area contributed by atoms with Crippen LogP contribution in [0.15, 0.2) is 54.6 Å². The van der Waals surface area contributed by atoms with Crippen LogP contribution in [0.4, 0.5) is 5.69 Å². The highest BCUT2D eigenvalue weighted by Crippen LogP contribution is 2.12. The summed E-state index contributed by atoms with van der Waals surface area (Å²) in [4.78, 5) is 11.3. The van der Waals surface area contributed by atoms with Gasteiger partial charge in [0.25, 0.3) is 0 Å². The molecule has 110 valence electrons. The van der Waals surface area contributed by atoms with Gasteiger partial charge in [-0.2, -0.15) is 0 Å². The maximum atomic E-state index is 11.3. The predicted molar refractivity (Wildman–Crippen MR) is 85.2 cm³/mol. The van der Waals surface area contributed by atoms with Crippen LogP contribution in [0, 0.1) is 0 Å². The fraction of sp³-hybridized carbons (Fsp3) is 0.278. The lowest BCUT2D eigenvalue weighted by Crippen LogP contribution is -2.05. The van der Waals surface area contributed by atoms with Gasteiger partial charge in [-0.1, -0.05) is 42.5 Å². The van der Waals surface area contributed by atoms with Crippen molar-refractivity contribution in [2.75, 3.05) is 11.9 Å². The number of aryl methyl sites for hydroxylation is 1. The molecular weight excluding hydrogens is 262 g/mol. The summed E-state index contributed by atoms with van der Waals surface area (Å²) >= 11 is 0. The first-order valence-electron chi connectivity index (χ1n) is 7.30. The number of anilines is 1. The molecule has 0 saturated heterocycles. The first-order valence-corrected chi connectivity index (χ1v) is 7.30. The molecule has 21 heavy (non-hydrogen) atoms. The van der Waals surface area contributed by atoms with Gasteiger partial charge in [-0.15, -0.1) is 0 Å². The summed E-state index contributed by atoms with van der Waals surface area (Å²) in [6.07, 6.45) is 1.16. The molecule has 3 heteroatoms. The second kappa shape index (κ2) is 8.10. The van der Waals surface area contributed by atoms with Crippen LogP contribution < -0.4 is 5.32 Å². The Balaban J connectivity index is 1.80. The average molecular weight is 283 g/mol. The van der Waals surface area contributed by atoms with Crippen LogP contribution in [0.5, 0.6) is 0 Å². The van der Waals surface area contributed by atoms with Crippen molar-refractivity contribution in [3.8, 4) is 0 Å². The second-order valence-electron chi connectivity index (χ2n) is 4.84. The van der Waals surface area contributed by atoms with Gasteiger partial charge in [0.15, 0.2) is 0 Å². The third kappa shape index (κ3) is 5.30. The van der Waals surface area contributed by atoms with Crippen molar-refractivity contribution in [3.05, 3.63) is 65.7 Å². The number of ether oxygens (including phenoxy) is 1. The van der Waals surface area contributed by atoms with E-state index in [0.29, 0.717) is 13.0 Å². The van der Waals surface area contributed by atoms with Gasteiger partial charge >= 0.3 is 5.97 Å². The average Bonchev–Trinajstić information content (AvgIpc) is 2.53. The van der Waals surface area contributed by atoms with Gasteiger partial charge in [0.1, 0.15) is 0 Å². The lowest BCUT2D eigenvalue weighted by molar-refractivity contribution is -0.143. The Labute approximate surface area is 126 Å². The minimum absolute atomic E-state index is 0.135. The Hall–Kier alpha value is -2.29. The highest BCUT2D eigenvalue weighted by atomic mass is 16.5. The Morgan fingerprint density at radius 3 is 2.38 bits per heavy atom. The quantitative estimate of drug-likeness (QED) is 0.786. The third-order valence-corrected chi connectivity index (χ3v) is 3.22. The summed E-state index contributed by atoms with van der Waals surface area (Å²) in [5.41, 5.74) is 3.48. The number of nitrogens with one attached hydrogen (secondary N) is 1. The fourth-order valence-corrected chi connectivity index (χ4v) is 2.07. The van der Waals surface area contributed by atoms with E-state index in [9.17, 15) is 4.79 Å². The van der Waals surface area contributed by atoms with E-state index in [-0.39, 0.29) is 5.97 Å². The number of hydrogen-bond donors (Lipinski definition) is 1. The monoisotopic (exact) mass is 283 g/mol. The Bertz CT molecular complexity index is 549. The van der Waals surface area contributed by atoms with Gasteiger partial charge < -0.3 is 10.1 Å². The Kier molecular flexibility index (Phi) is 5.83. The van der Waals surface area contributed by atoms with Crippen molar-refractivity contribution in [2.24, 2.45) is 0 Å². The smallest absolute Gasteiger partial charge is 0.306 e. The molecule has 0 radical (unpaired) electrons. The van der Waals surface area contributed by atoms with E-state index in [1.54, 1.807) is 0 Å². The molecule has 0 aliphatic heterocycles. The highest BCUT2D eigenvalue weighted by Gasteiger charge is 2.02. The van der Waals surface area contributed by atoms with Crippen LogP contribution in [0.1, 0.15) is 24.5 Å². The minimum atomic E-state index is -0.135. The molecule has 0 saturated carbocycles. The molecule has 3 nitrogen and oxygen atoms in total. The van der Waals surface area contributed by atoms with E-state index in [4.69, 9.17) is 4.74 Å². The molecule has 2 aromatic carbocycles. The van der Waals surface area contributed by atoms with Gasteiger partial charge in [-0.05, 0) is 36.6 Å². The van der Waals surface area contributed by atoms with Crippen molar-refractivity contribution in [3.63, 3.8) is 0 Å². The summed E-state index contributed by atoms with van der Waals surface area (Å²) < 4.78 is 4.92. The molecule has 2 aromatic rings. The molecular formula is C18H21NO2. The van der Waals surface area contributed by atoms with Crippen LogP contribution in [0.25, 0.3) is 0 Å². The molecule has 0 atom stereocenters. The zero-order valence-electron chi connectivity index (χ0n) is 12.3. The van der Waals surface area contributed by atoms with Crippen molar-refractivity contribution in [2.45, 2.75) is 26.3 Å². The maximum absolute atomic E-state index is 11.3. The second-order valence-corrected chi connectivity index (χ2v) is 4.84. The molecule has 0 fully saturated rings. The lowest BCUT2D eigenvalue weighted by atomic mass is 10.1. The molecule has 0 aliphatic carbocycles. The maximum Gasteiger partial charge on any atom is 0.306 e. The molecule has 2 rings (SSSR count). The van der Waals surface area contributed by atoms with Gasteiger partial charge in [0, 0.05) is 18.7 Å². The molecule has 1 N–H and O–H groups in total. The summed E-state index contributed by atoms with van der Waals surface area (Å²) in [7, 11) is 0. The predicted octanol–water partition coefficient (Wildman–Crippen LogP) is 3.79. The summed E-state index contributed by atoms with van der Waals surface area (Å²) in [5.74, 6) is -0.135. The van der Waals surface area contributed by atoms with E-state index in [0.717, 1.165) is 24.2 Å². The van der Waals surface area contributed by atoms with Gasteiger partial charge in [0.2, 0.25) is 0 Å². The standard InChI is InChI=1S/C18H21NO2/c1-2-21-18(20)13-10-15-8-11-17(12-9-15)19-14-16-6-4-3-5-7-16/h3-9,11-12,19H,2,10,13-14H2,1H3. The van der Waals surface area contributed by atoms with E-state index < -0.39 is 0 Å². The number of rotatable bonds is 7. The largest absolute Gasteiger partial charge is 0.466 e. The van der Waals surface area contributed by atoms with Gasteiger partial charge in [-0.25, -0.2) is 0 Å². The van der Waals surface area contributed by atoms with Crippen molar-refractivity contribution < 1.29 is 9.53 Å². The van der Waals surface area contributed by atoms with Crippen molar-refractivity contribution in [1.82, 2.24) is 0 Å². The van der Waals surface area contributed by atoms with E-state index in [1.807, 2.05) is 49.4 Å². The topological polar surface area (TPSA) is 38.3 Å². The molecule has 0 heterocycles. The normalized spacial score (nSPS) is 10.1. The summed E-state index contributed by atoms with van der Waals surface area (Å²) in [6, 6.07) is 18.5. The SMILES string of the molecule is CCOC(=O)CCc1ccc(NCc2ccccc2)cc1. The Morgan fingerprint density at radius 1 is 1.00 bits per heavy atom. The first kappa shape index (κ1) is 15.1. The minimum Gasteiger partial charge on any atom is -0.466 e. The number of hydrogen-bond acceptors (Lipinski definition) is 3. The van der Waals surface area contributed by atoms with Gasteiger partial charge in [-0.3, -0.25) is 4.79 Å². The van der Waals surface area contributed by atoms with Crippen LogP contribution >= 0.6 is 0 Å². The third-order valence-electron chi connectivity index (χ3n) is 3.22. The first-order chi connectivity index (χ1) is 10.3. The number of benzene rings is 2. The summed E-state index contributed by atoms with van der Waals surface area (Å²) in [6.45, 7) is 3.08. The lowest BCUT2D eigenvalue weighted by Gasteiger charge is -2.08. The van der Waals surface area contributed by atoms with E-state index >= 15 is 0 Å². The molecule has 0 aliphatic rings. The zero-order chi connectivity index (χ0) is 14.9. The van der Waals surface area contributed by atoms with Crippen LogP contribution in [0.2, 0.25) is 0 Å². The number of carbonyl (C=O) groups is 1. The molecule has 0 bridgehead atoms. The van der Waals surface area contributed by atoms with Gasteiger partial charge in [0.05, 0.1) is 6.61 Å². The van der Waals surface area contributed by atoms with Crippen LogP contribution in [-0.2, 0) is 22.5 Å². The number of carbonyl (C=O) groups excluding carboxylic acids is 1.